The zero-order valence-corrected chi connectivity index (χ0v) is 20.3. The molecule has 11 heteroatoms. The molecule has 0 aliphatic carbocycles. The summed E-state index contributed by atoms with van der Waals surface area (Å²) in [5, 5.41) is 17.2. The van der Waals surface area contributed by atoms with Crippen LogP contribution in [0.4, 0.5) is 5.82 Å². The van der Waals surface area contributed by atoms with Crippen molar-refractivity contribution in [1.82, 2.24) is 25.2 Å². The average molecular weight is 497 g/mol. The molecular weight excluding hydrogens is 468 g/mol. The second kappa shape index (κ2) is 10.8. The van der Waals surface area contributed by atoms with Crippen molar-refractivity contribution in [3.63, 3.8) is 0 Å². The molecule has 0 spiro atoms. The van der Waals surface area contributed by atoms with Crippen molar-refractivity contribution in [1.29, 1.82) is 0 Å². The van der Waals surface area contributed by atoms with Crippen LogP contribution in [0.1, 0.15) is 17.4 Å². The van der Waals surface area contributed by atoms with Crippen LogP contribution < -0.4 is 15.4 Å². The summed E-state index contributed by atoms with van der Waals surface area (Å²) in [6, 6.07) is 9.39. The van der Waals surface area contributed by atoms with E-state index in [2.05, 4.69) is 30.5 Å². The van der Waals surface area contributed by atoms with Crippen LogP contribution in [0.25, 0.3) is 11.0 Å². The molecule has 0 radical (unpaired) electrons. The molecule has 2 atom stereocenters. The third-order valence-corrected chi connectivity index (χ3v) is 7.07. The Labute approximate surface area is 207 Å². The van der Waals surface area contributed by atoms with E-state index < -0.39 is 6.10 Å². The molecule has 1 saturated heterocycles. The van der Waals surface area contributed by atoms with E-state index >= 15 is 0 Å². The van der Waals surface area contributed by atoms with Gasteiger partial charge in [0.25, 0.3) is 0 Å². The highest BCUT2D eigenvalue weighted by molar-refractivity contribution is 8.00. The number of morpholine rings is 1. The lowest BCUT2D eigenvalue weighted by Gasteiger charge is -2.34. The number of anilines is 1. The first kappa shape index (κ1) is 23.9. The third-order valence-electron chi connectivity index (χ3n) is 6.02. The number of amides is 1. The van der Waals surface area contributed by atoms with Crippen molar-refractivity contribution in [3.8, 4) is 5.88 Å². The normalized spacial score (nSPS) is 19.3. The van der Waals surface area contributed by atoms with Crippen molar-refractivity contribution < 1.29 is 19.4 Å². The molecule has 3 aromatic heterocycles. The SMILES string of the molecule is COc1ccc2nccc([C@@H](O)CN3CCOC(CNCc4ccc5c(n4)NC(=O)CS5)C3)c2n1. The number of hydrogen-bond acceptors (Lipinski definition) is 10. The van der Waals surface area contributed by atoms with Crippen LogP contribution in [0.2, 0.25) is 0 Å². The zero-order chi connectivity index (χ0) is 24.2. The number of ether oxygens (including phenoxy) is 2. The number of aromatic nitrogens is 3. The lowest BCUT2D eigenvalue weighted by molar-refractivity contribution is -0.113. The second-order valence-electron chi connectivity index (χ2n) is 8.51. The number of hydrogen-bond donors (Lipinski definition) is 3. The van der Waals surface area contributed by atoms with Gasteiger partial charge in [-0.2, -0.15) is 0 Å². The minimum atomic E-state index is -0.709. The summed E-state index contributed by atoms with van der Waals surface area (Å²) in [6.45, 7) is 3.76. The number of nitrogens with one attached hydrogen (secondary N) is 2. The first-order chi connectivity index (χ1) is 17.1. The standard InChI is InChI=1S/C24H28N6O4S/c1-33-22-5-3-18-23(29-22)17(6-7-26-18)19(31)13-30-8-9-34-16(12-30)11-25-10-15-2-4-20-24(27-15)28-21(32)14-35-20/h2-7,16,19,25,31H,8-14H2,1H3,(H,27,28,32)/t16?,19-/m0/s1. The number of rotatable bonds is 8. The minimum Gasteiger partial charge on any atom is -0.481 e. The molecule has 0 aromatic carbocycles. The average Bonchev–Trinajstić information content (AvgIpc) is 2.88. The molecule has 35 heavy (non-hydrogen) atoms. The van der Waals surface area contributed by atoms with Crippen LogP contribution >= 0.6 is 11.8 Å². The Morgan fingerprint density at radius 2 is 2.23 bits per heavy atom. The fourth-order valence-electron chi connectivity index (χ4n) is 4.29. The molecule has 1 unspecified atom stereocenters. The number of thioether (sulfide) groups is 1. The van der Waals surface area contributed by atoms with Gasteiger partial charge in [0.15, 0.2) is 0 Å². The molecule has 5 rings (SSSR count). The molecule has 3 N–H and O–H groups in total. The Hall–Kier alpha value is -2.83. The van der Waals surface area contributed by atoms with E-state index in [0.29, 0.717) is 55.8 Å². The lowest BCUT2D eigenvalue weighted by atomic mass is 10.1. The summed E-state index contributed by atoms with van der Waals surface area (Å²) in [6.07, 6.45) is 0.982. The van der Waals surface area contributed by atoms with Crippen molar-refractivity contribution in [2.75, 3.05) is 51.0 Å². The number of β-amino-alcohol motifs (C(OH)–C–C–N with tert-alkyl or cyclic N) is 1. The number of aliphatic hydroxyl groups is 1. The molecule has 1 fully saturated rings. The highest BCUT2D eigenvalue weighted by Gasteiger charge is 2.24. The van der Waals surface area contributed by atoms with Crippen LogP contribution in [0, 0.1) is 0 Å². The van der Waals surface area contributed by atoms with Gasteiger partial charge in [-0.25, -0.2) is 9.97 Å². The van der Waals surface area contributed by atoms with Gasteiger partial charge in [0.2, 0.25) is 11.8 Å². The summed E-state index contributed by atoms with van der Waals surface area (Å²) >= 11 is 1.50. The molecule has 3 aromatic rings. The zero-order valence-electron chi connectivity index (χ0n) is 19.4. The van der Waals surface area contributed by atoms with Crippen molar-refractivity contribution in [3.05, 3.63) is 47.8 Å². The van der Waals surface area contributed by atoms with Gasteiger partial charge < -0.3 is 25.2 Å². The Kier molecular flexibility index (Phi) is 7.40. The fraction of sp³-hybridized carbons (Fsp3) is 0.417. The molecule has 0 bridgehead atoms. The topological polar surface area (TPSA) is 122 Å². The van der Waals surface area contributed by atoms with E-state index in [1.54, 1.807) is 19.4 Å². The quantitative estimate of drug-likeness (QED) is 0.424. The van der Waals surface area contributed by atoms with E-state index in [9.17, 15) is 9.90 Å². The van der Waals surface area contributed by atoms with Crippen LogP contribution in [0.15, 0.2) is 41.4 Å². The van der Waals surface area contributed by atoms with Crippen molar-refractivity contribution >= 4 is 34.5 Å². The first-order valence-electron chi connectivity index (χ1n) is 11.5. The molecule has 10 nitrogen and oxygen atoms in total. The Balaban J connectivity index is 1.15. The predicted octanol–water partition coefficient (Wildman–Crippen LogP) is 1.60. The fourth-order valence-corrected chi connectivity index (χ4v) is 5.04. The summed E-state index contributed by atoms with van der Waals surface area (Å²) in [5.41, 5.74) is 2.97. The van der Waals surface area contributed by atoms with E-state index in [1.807, 2.05) is 24.3 Å². The van der Waals surface area contributed by atoms with Crippen LogP contribution in [0.3, 0.4) is 0 Å². The maximum Gasteiger partial charge on any atom is 0.235 e. The number of methoxy groups -OCH3 is 1. The van der Waals surface area contributed by atoms with Crippen LogP contribution in [-0.4, -0.2) is 82.6 Å². The number of fused-ring (bicyclic) bond motifs is 2. The number of pyridine rings is 3. The molecule has 184 valence electrons. The molecule has 2 aliphatic rings. The Morgan fingerprint density at radius 3 is 3.11 bits per heavy atom. The van der Waals surface area contributed by atoms with Gasteiger partial charge in [-0.05, 0) is 24.3 Å². The van der Waals surface area contributed by atoms with Gasteiger partial charge in [0.05, 0.1) is 53.3 Å². The van der Waals surface area contributed by atoms with Gasteiger partial charge >= 0.3 is 0 Å². The highest BCUT2D eigenvalue weighted by Crippen LogP contribution is 2.29. The largest absolute Gasteiger partial charge is 0.481 e. The van der Waals surface area contributed by atoms with Gasteiger partial charge in [-0.1, -0.05) is 0 Å². The van der Waals surface area contributed by atoms with E-state index in [1.165, 1.54) is 11.8 Å². The summed E-state index contributed by atoms with van der Waals surface area (Å²) in [7, 11) is 1.57. The second-order valence-corrected chi connectivity index (χ2v) is 9.52. The van der Waals surface area contributed by atoms with Crippen molar-refractivity contribution in [2.45, 2.75) is 23.6 Å². The van der Waals surface area contributed by atoms with Crippen LogP contribution in [-0.2, 0) is 16.1 Å². The van der Waals surface area contributed by atoms with Gasteiger partial charge in [0.1, 0.15) is 5.82 Å². The monoisotopic (exact) mass is 496 g/mol. The number of carbonyl (C=O) groups is 1. The summed E-state index contributed by atoms with van der Waals surface area (Å²) < 4.78 is 11.2. The first-order valence-corrected chi connectivity index (χ1v) is 12.5. The summed E-state index contributed by atoms with van der Waals surface area (Å²) in [5.74, 6) is 1.53. The number of carbonyl (C=O) groups excluding carboxylic acids is 1. The van der Waals surface area contributed by atoms with E-state index in [4.69, 9.17) is 9.47 Å². The van der Waals surface area contributed by atoms with E-state index in [-0.39, 0.29) is 12.0 Å². The molecule has 1 amide bonds. The maximum absolute atomic E-state index is 11.6. The minimum absolute atomic E-state index is 0.00348. The maximum atomic E-state index is 11.6. The highest BCUT2D eigenvalue weighted by atomic mass is 32.2. The molecule has 0 saturated carbocycles. The number of aliphatic hydroxyl groups excluding tert-OH is 1. The smallest absolute Gasteiger partial charge is 0.235 e. The predicted molar refractivity (Wildman–Crippen MR) is 133 cm³/mol. The van der Waals surface area contributed by atoms with Gasteiger partial charge in [0, 0.05) is 50.6 Å². The Morgan fingerprint density at radius 1 is 1.31 bits per heavy atom. The molecule has 2 aliphatic heterocycles. The lowest BCUT2D eigenvalue weighted by Crippen LogP contribution is -2.47. The van der Waals surface area contributed by atoms with Crippen LogP contribution in [0.5, 0.6) is 5.88 Å². The third kappa shape index (κ3) is 5.71. The van der Waals surface area contributed by atoms with Crippen molar-refractivity contribution in [2.24, 2.45) is 0 Å². The molecule has 5 heterocycles. The van der Waals surface area contributed by atoms with Gasteiger partial charge in [-0.15, -0.1) is 11.8 Å². The van der Waals surface area contributed by atoms with Gasteiger partial charge in [-0.3, -0.25) is 14.7 Å². The Bertz CT molecular complexity index is 1210. The van der Waals surface area contributed by atoms with E-state index in [0.717, 1.165) is 28.2 Å². The summed E-state index contributed by atoms with van der Waals surface area (Å²) in [4.78, 5) is 28.2. The number of nitrogens with zero attached hydrogens (tertiary/aromatic N) is 4. The molecular formula is C24H28N6O4S.